The summed E-state index contributed by atoms with van der Waals surface area (Å²) < 4.78 is 9.66. The minimum absolute atomic E-state index is 0.308. The Hall–Kier alpha value is -1.84. The Morgan fingerprint density at radius 1 is 0.944 bits per heavy atom. The van der Waals surface area contributed by atoms with Crippen LogP contribution in [0.1, 0.15) is 48.4 Å². The molecule has 0 bridgehead atoms. The molecule has 100 valence electrons. The standard InChI is InChI=1S/C12H14O4.C2H6/c1-3-15-11(13)9-6-5-7-10(8-9)12(14)16-4-2;1-2/h5-8H,3-4H2,1-2H3;1-2H3. The first kappa shape index (κ1) is 16.2. The molecule has 0 aliphatic heterocycles. The van der Waals surface area contributed by atoms with Gasteiger partial charge in [0.05, 0.1) is 24.3 Å². The van der Waals surface area contributed by atoms with Gasteiger partial charge in [-0.3, -0.25) is 0 Å². The Morgan fingerprint density at radius 3 is 1.67 bits per heavy atom. The van der Waals surface area contributed by atoms with Crippen LogP contribution in [0.3, 0.4) is 0 Å². The van der Waals surface area contributed by atoms with Crippen molar-refractivity contribution in [3.8, 4) is 0 Å². The maximum atomic E-state index is 11.4. The molecule has 0 N–H and O–H groups in total. The summed E-state index contributed by atoms with van der Waals surface area (Å²) in [6.45, 7) is 8.07. The zero-order valence-electron chi connectivity index (χ0n) is 11.4. The Labute approximate surface area is 108 Å². The molecule has 0 saturated carbocycles. The zero-order chi connectivity index (χ0) is 14.0. The fourth-order valence-corrected chi connectivity index (χ4v) is 1.20. The van der Waals surface area contributed by atoms with E-state index in [0.29, 0.717) is 24.3 Å². The highest BCUT2D eigenvalue weighted by Gasteiger charge is 2.11. The van der Waals surface area contributed by atoms with Crippen LogP contribution < -0.4 is 0 Å². The summed E-state index contributed by atoms with van der Waals surface area (Å²) in [6.07, 6.45) is 0. The average molecular weight is 252 g/mol. The average Bonchev–Trinajstić information content (AvgIpc) is 2.42. The van der Waals surface area contributed by atoms with Gasteiger partial charge in [0.1, 0.15) is 0 Å². The molecule has 1 rings (SSSR count). The molecule has 0 saturated heterocycles. The molecule has 1 aromatic carbocycles. The second-order valence-corrected chi connectivity index (χ2v) is 3.02. The van der Waals surface area contributed by atoms with Gasteiger partial charge in [0.25, 0.3) is 0 Å². The van der Waals surface area contributed by atoms with E-state index in [9.17, 15) is 9.59 Å². The maximum Gasteiger partial charge on any atom is 0.338 e. The smallest absolute Gasteiger partial charge is 0.338 e. The summed E-state index contributed by atoms with van der Waals surface area (Å²) in [5, 5.41) is 0. The third-order valence-electron chi connectivity index (χ3n) is 1.88. The van der Waals surface area contributed by atoms with Gasteiger partial charge in [0, 0.05) is 0 Å². The van der Waals surface area contributed by atoms with Crippen LogP contribution in [0.5, 0.6) is 0 Å². The highest BCUT2D eigenvalue weighted by molar-refractivity contribution is 5.95. The minimum atomic E-state index is -0.436. The number of hydrogen-bond acceptors (Lipinski definition) is 4. The van der Waals surface area contributed by atoms with Crippen LogP contribution in [0, 0.1) is 0 Å². The molecular formula is C14H20O4. The lowest BCUT2D eigenvalue weighted by molar-refractivity contribution is 0.0525. The largest absolute Gasteiger partial charge is 0.462 e. The van der Waals surface area contributed by atoms with E-state index in [0.717, 1.165) is 0 Å². The van der Waals surface area contributed by atoms with Gasteiger partial charge >= 0.3 is 11.9 Å². The molecule has 4 heteroatoms. The van der Waals surface area contributed by atoms with Crippen molar-refractivity contribution in [3.63, 3.8) is 0 Å². The van der Waals surface area contributed by atoms with Crippen LogP contribution >= 0.6 is 0 Å². The summed E-state index contributed by atoms with van der Waals surface area (Å²) in [7, 11) is 0. The van der Waals surface area contributed by atoms with Crippen molar-refractivity contribution in [2.75, 3.05) is 13.2 Å². The lowest BCUT2D eigenvalue weighted by Gasteiger charge is -2.04. The van der Waals surface area contributed by atoms with Crippen molar-refractivity contribution in [2.24, 2.45) is 0 Å². The first-order valence-electron chi connectivity index (χ1n) is 6.13. The summed E-state index contributed by atoms with van der Waals surface area (Å²) in [5.74, 6) is -0.873. The highest BCUT2D eigenvalue weighted by atomic mass is 16.5. The molecule has 0 radical (unpaired) electrons. The number of carbonyl (C=O) groups excluding carboxylic acids is 2. The molecule has 0 atom stereocenters. The monoisotopic (exact) mass is 252 g/mol. The van der Waals surface area contributed by atoms with Gasteiger partial charge in [-0.25, -0.2) is 9.59 Å². The van der Waals surface area contributed by atoms with E-state index >= 15 is 0 Å². The third kappa shape index (κ3) is 4.99. The molecule has 0 aliphatic carbocycles. The highest BCUT2D eigenvalue weighted by Crippen LogP contribution is 2.08. The lowest BCUT2D eigenvalue weighted by atomic mass is 10.1. The van der Waals surface area contributed by atoms with E-state index in [1.54, 1.807) is 32.0 Å². The first-order valence-corrected chi connectivity index (χ1v) is 6.13. The number of hydrogen-bond donors (Lipinski definition) is 0. The Morgan fingerprint density at radius 2 is 1.33 bits per heavy atom. The van der Waals surface area contributed by atoms with Crippen molar-refractivity contribution in [3.05, 3.63) is 35.4 Å². The Kier molecular flexibility index (Phi) is 8.27. The van der Waals surface area contributed by atoms with Crippen LogP contribution in [-0.4, -0.2) is 25.2 Å². The second-order valence-electron chi connectivity index (χ2n) is 3.02. The summed E-state index contributed by atoms with van der Waals surface area (Å²) in [5.41, 5.74) is 0.708. The second kappa shape index (κ2) is 9.22. The number of benzene rings is 1. The Bertz CT molecular complexity index is 352. The molecule has 0 aliphatic rings. The number of esters is 2. The quantitative estimate of drug-likeness (QED) is 0.773. The van der Waals surface area contributed by atoms with Gasteiger partial charge in [-0.15, -0.1) is 0 Å². The predicted octanol–water partition coefficient (Wildman–Crippen LogP) is 3.07. The Balaban J connectivity index is 0.00000137. The van der Waals surface area contributed by atoms with Crippen LogP contribution in [0.4, 0.5) is 0 Å². The van der Waals surface area contributed by atoms with Gasteiger partial charge in [-0.05, 0) is 32.0 Å². The number of carbonyl (C=O) groups is 2. The van der Waals surface area contributed by atoms with Gasteiger partial charge < -0.3 is 9.47 Å². The van der Waals surface area contributed by atoms with E-state index in [-0.39, 0.29) is 0 Å². The van der Waals surface area contributed by atoms with Crippen molar-refractivity contribution in [1.82, 2.24) is 0 Å². The summed E-state index contributed by atoms with van der Waals surface area (Å²) in [6, 6.07) is 6.29. The van der Waals surface area contributed by atoms with Gasteiger partial charge in [-0.1, -0.05) is 19.9 Å². The molecule has 1 aromatic rings. The molecular weight excluding hydrogens is 232 g/mol. The van der Waals surface area contributed by atoms with Crippen molar-refractivity contribution >= 4 is 11.9 Å². The summed E-state index contributed by atoms with van der Waals surface area (Å²) >= 11 is 0. The predicted molar refractivity (Wildman–Crippen MR) is 69.7 cm³/mol. The molecule has 0 unspecified atom stereocenters. The van der Waals surface area contributed by atoms with Crippen LogP contribution in [0.2, 0.25) is 0 Å². The molecule has 18 heavy (non-hydrogen) atoms. The molecule has 0 amide bonds. The van der Waals surface area contributed by atoms with Gasteiger partial charge in [0.2, 0.25) is 0 Å². The van der Waals surface area contributed by atoms with E-state index in [2.05, 4.69) is 0 Å². The molecule has 4 nitrogen and oxygen atoms in total. The fourth-order valence-electron chi connectivity index (χ4n) is 1.20. The van der Waals surface area contributed by atoms with Crippen molar-refractivity contribution in [1.29, 1.82) is 0 Å². The van der Waals surface area contributed by atoms with E-state index in [1.807, 2.05) is 13.8 Å². The topological polar surface area (TPSA) is 52.6 Å². The van der Waals surface area contributed by atoms with Crippen LogP contribution in [0.25, 0.3) is 0 Å². The van der Waals surface area contributed by atoms with E-state index in [1.165, 1.54) is 6.07 Å². The van der Waals surface area contributed by atoms with Crippen LogP contribution in [0.15, 0.2) is 24.3 Å². The molecule has 0 aromatic heterocycles. The summed E-state index contributed by atoms with van der Waals surface area (Å²) in [4.78, 5) is 22.8. The van der Waals surface area contributed by atoms with Crippen LogP contribution in [-0.2, 0) is 9.47 Å². The van der Waals surface area contributed by atoms with Crippen molar-refractivity contribution < 1.29 is 19.1 Å². The molecule has 0 heterocycles. The number of rotatable bonds is 4. The van der Waals surface area contributed by atoms with E-state index in [4.69, 9.17) is 9.47 Å². The lowest BCUT2D eigenvalue weighted by Crippen LogP contribution is -2.08. The van der Waals surface area contributed by atoms with Gasteiger partial charge in [0.15, 0.2) is 0 Å². The zero-order valence-corrected chi connectivity index (χ0v) is 11.4. The maximum absolute atomic E-state index is 11.4. The third-order valence-corrected chi connectivity index (χ3v) is 1.88. The minimum Gasteiger partial charge on any atom is -0.462 e. The molecule has 0 fully saturated rings. The SMILES string of the molecule is CC.CCOC(=O)c1cccc(C(=O)OCC)c1. The van der Waals surface area contributed by atoms with E-state index < -0.39 is 11.9 Å². The fraction of sp³-hybridized carbons (Fsp3) is 0.429. The number of ether oxygens (including phenoxy) is 2. The van der Waals surface area contributed by atoms with Gasteiger partial charge in [-0.2, -0.15) is 0 Å². The first-order chi connectivity index (χ1) is 8.69. The van der Waals surface area contributed by atoms with Crippen molar-refractivity contribution in [2.45, 2.75) is 27.7 Å². The molecule has 0 spiro atoms. The normalized spacial score (nSPS) is 8.89.